The first-order chi connectivity index (χ1) is 12.9. The average molecular weight is 382 g/mol. The van der Waals surface area contributed by atoms with E-state index in [1.54, 1.807) is 30.3 Å². The van der Waals surface area contributed by atoms with Crippen molar-refractivity contribution in [3.8, 4) is 5.75 Å². The predicted molar refractivity (Wildman–Crippen MR) is 105 cm³/mol. The molecule has 0 unspecified atom stereocenters. The number of hydrogen-bond acceptors (Lipinski definition) is 5. The van der Waals surface area contributed by atoms with Gasteiger partial charge in [-0.15, -0.1) is 0 Å². The summed E-state index contributed by atoms with van der Waals surface area (Å²) >= 11 is 0.911. The van der Waals surface area contributed by atoms with Crippen LogP contribution in [0, 0.1) is 6.92 Å². The summed E-state index contributed by atoms with van der Waals surface area (Å²) in [5.41, 5.74) is 2.50. The Hall–Kier alpha value is -3.06. The number of nitrogens with zero attached hydrogens (tertiary/aromatic N) is 1. The van der Waals surface area contributed by atoms with Crippen molar-refractivity contribution in [2.45, 2.75) is 6.92 Å². The Morgan fingerprint density at radius 1 is 1.15 bits per heavy atom. The number of thioether (sulfide) groups is 1. The fraction of sp³-hybridized carbons (Fsp3) is 0.150. The zero-order chi connectivity index (χ0) is 19.4. The molecule has 0 aromatic heterocycles. The molecule has 0 spiro atoms. The summed E-state index contributed by atoms with van der Waals surface area (Å²) in [7, 11) is 1.46. The van der Waals surface area contributed by atoms with Gasteiger partial charge in [-0.1, -0.05) is 30.3 Å². The Bertz CT molecular complexity index is 922. The topological polar surface area (TPSA) is 75.7 Å². The van der Waals surface area contributed by atoms with E-state index < -0.39 is 0 Å². The van der Waals surface area contributed by atoms with E-state index in [1.807, 2.05) is 31.2 Å². The second-order valence-electron chi connectivity index (χ2n) is 5.96. The quantitative estimate of drug-likeness (QED) is 0.799. The predicted octanol–water partition coefficient (Wildman–Crippen LogP) is 3.68. The number of carbonyl (C=O) groups is 3. The molecule has 7 heteroatoms. The zero-order valence-corrected chi connectivity index (χ0v) is 15.7. The summed E-state index contributed by atoms with van der Waals surface area (Å²) in [6.07, 6.45) is 1.66. The van der Waals surface area contributed by atoms with E-state index in [0.29, 0.717) is 10.7 Å². The van der Waals surface area contributed by atoms with Crippen LogP contribution in [0.5, 0.6) is 5.75 Å². The van der Waals surface area contributed by atoms with Gasteiger partial charge in [-0.05, 0) is 54.1 Å². The van der Waals surface area contributed by atoms with Gasteiger partial charge in [0.15, 0.2) is 6.61 Å². The zero-order valence-electron chi connectivity index (χ0n) is 14.9. The van der Waals surface area contributed by atoms with Gasteiger partial charge in [0, 0.05) is 12.7 Å². The van der Waals surface area contributed by atoms with Gasteiger partial charge in [0.1, 0.15) is 5.75 Å². The molecule has 2 aromatic carbocycles. The van der Waals surface area contributed by atoms with Gasteiger partial charge >= 0.3 is 0 Å². The second-order valence-corrected chi connectivity index (χ2v) is 6.95. The van der Waals surface area contributed by atoms with Crippen LogP contribution in [0.3, 0.4) is 0 Å². The third kappa shape index (κ3) is 4.57. The number of anilines is 1. The fourth-order valence-electron chi connectivity index (χ4n) is 2.41. The van der Waals surface area contributed by atoms with Crippen molar-refractivity contribution < 1.29 is 19.1 Å². The highest BCUT2D eigenvalue weighted by Crippen LogP contribution is 2.31. The molecule has 0 bridgehead atoms. The van der Waals surface area contributed by atoms with Crippen molar-refractivity contribution in [1.82, 2.24) is 4.90 Å². The molecule has 0 radical (unpaired) electrons. The smallest absolute Gasteiger partial charge is 0.293 e. The first-order valence-electron chi connectivity index (χ1n) is 8.24. The van der Waals surface area contributed by atoms with E-state index in [4.69, 9.17) is 4.74 Å². The first-order valence-corrected chi connectivity index (χ1v) is 9.05. The lowest BCUT2D eigenvalue weighted by Crippen LogP contribution is -2.22. The highest BCUT2D eigenvalue weighted by atomic mass is 32.2. The Balaban J connectivity index is 1.57. The Morgan fingerprint density at radius 3 is 2.48 bits per heavy atom. The summed E-state index contributed by atoms with van der Waals surface area (Å²) in [6.45, 7) is 1.81. The van der Waals surface area contributed by atoms with Crippen LogP contribution >= 0.6 is 11.8 Å². The van der Waals surface area contributed by atoms with E-state index in [9.17, 15) is 14.4 Å². The van der Waals surface area contributed by atoms with E-state index in [-0.39, 0.29) is 23.7 Å². The standard InChI is InChI=1S/C20H18N2O4S/c1-13-5-3-4-6-16(13)21-18(23)12-26-15-9-7-14(8-10-15)11-17-19(24)22(2)20(25)27-17/h3-11H,12H2,1-2H3,(H,21,23)/b17-11-. The SMILES string of the molecule is Cc1ccccc1NC(=O)COc1ccc(/C=C2\SC(=O)N(C)C2=O)cc1. The lowest BCUT2D eigenvalue weighted by molar-refractivity contribution is -0.121. The number of hydrogen-bond donors (Lipinski definition) is 1. The first kappa shape index (κ1) is 18.7. The summed E-state index contributed by atoms with van der Waals surface area (Å²) < 4.78 is 5.49. The molecule has 1 fully saturated rings. The van der Waals surface area contributed by atoms with Crippen molar-refractivity contribution >= 4 is 40.6 Å². The minimum Gasteiger partial charge on any atom is -0.484 e. The van der Waals surface area contributed by atoms with Crippen LogP contribution in [0.15, 0.2) is 53.4 Å². The summed E-state index contributed by atoms with van der Waals surface area (Å²) in [5.74, 6) is -0.0149. The maximum absolute atomic E-state index is 12.0. The molecule has 1 saturated heterocycles. The van der Waals surface area contributed by atoms with Gasteiger partial charge in [0.2, 0.25) is 0 Å². The van der Waals surface area contributed by atoms with Crippen LogP contribution in [-0.4, -0.2) is 35.6 Å². The summed E-state index contributed by atoms with van der Waals surface area (Å²) in [6, 6.07) is 14.5. The summed E-state index contributed by atoms with van der Waals surface area (Å²) in [5, 5.41) is 2.52. The van der Waals surface area contributed by atoms with Gasteiger partial charge in [0.05, 0.1) is 4.91 Å². The van der Waals surface area contributed by atoms with Crippen LogP contribution in [0.1, 0.15) is 11.1 Å². The molecule has 138 valence electrons. The number of amides is 3. The van der Waals surface area contributed by atoms with Gasteiger partial charge < -0.3 is 10.1 Å². The molecular weight excluding hydrogens is 364 g/mol. The van der Waals surface area contributed by atoms with Gasteiger partial charge in [-0.3, -0.25) is 19.3 Å². The lowest BCUT2D eigenvalue weighted by Gasteiger charge is -2.09. The van der Waals surface area contributed by atoms with Crippen LogP contribution in [-0.2, 0) is 9.59 Å². The number of aryl methyl sites for hydroxylation is 1. The number of ether oxygens (including phenoxy) is 1. The highest BCUT2D eigenvalue weighted by Gasteiger charge is 2.31. The molecule has 2 aromatic rings. The van der Waals surface area contributed by atoms with Crippen molar-refractivity contribution in [1.29, 1.82) is 0 Å². The number of nitrogens with one attached hydrogen (secondary N) is 1. The third-order valence-electron chi connectivity index (χ3n) is 3.95. The van der Waals surface area contributed by atoms with Gasteiger partial charge in [0.25, 0.3) is 17.1 Å². The molecule has 3 amide bonds. The average Bonchev–Trinajstić information content (AvgIpc) is 2.90. The maximum Gasteiger partial charge on any atom is 0.293 e. The van der Waals surface area contributed by atoms with E-state index in [1.165, 1.54) is 7.05 Å². The number of carbonyl (C=O) groups excluding carboxylic acids is 3. The molecule has 1 heterocycles. The third-order valence-corrected chi connectivity index (χ3v) is 4.91. The number of benzene rings is 2. The molecule has 27 heavy (non-hydrogen) atoms. The van der Waals surface area contributed by atoms with E-state index in [2.05, 4.69) is 5.32 Å². The lowest BCUT2D eigenvalue weighted by atomic mass is 10.2. The molecule has 0 saturated carbocycles. The Kier molecular flexibility index (Phi) is 5.61. The molecule has 1 N–H and O–H groups in total. The van der Waals surface area contributed by atoms with E-state index in [0.717, 1.165) is 33.5 Å². The second kappa shape index (κ2) is 8.09. The minimum absolute atomic E-state index is 0.109. The van der Waals surface area contributed by atoms with Crippen LogP contribution in [0.25, 0.3) is 6.08 Å². The monoisotopic (exact) mass is 382 g/mol. The molecule has 1 aliphatic heterocycles. The van der Waals surface area contributed by atoms with Crippen LogP contribution in [0.2, 0.25) is 0 Å². The van der Waals surface area contributed by atoms with Crippen molar-refractivity contribution in [3.05, 3.63) is 64.6 Å². The molecule has 1 aliphatic rings. The number of imide groups is 1. The molecule has 3 rings (SSSR count). The minimum atomic E-state index is -0.307. The van der Waals surface area contributed by atoms with Gasteiger partial charge in [-0.25, -0.2) is 0 Å². The molecule has 0 atom stereocenters. The Labute approximate surface area is 161 Å². The van der Waals surface area contributed by atoms with Crippen LogP contribution in [0.4, 0.5) is 10.5 Å². The largest absolute Gasteiger partial charge is 0.484 e. The molecule has 0 aliphatic carbocycles. The molecular formula is C20H18N2O4S. The van der Waals surface area contributed by atoms with Crippen LogP contribution < -0.4 is 10.1 Å². The van der Waals surface area contributed by atoms with Gasteiger partial charge in [-0.2, -0.15) is 0 Å². The van der Waals surface area contributed by atoms with E-state index >= 15 is 0 Å². The van der Waals surface area contributed by atoms with Crippen molar-refractivity contribution in [3.63, 3.8) is 0 Å². The maximum atomic E-state index is 12.0. The fourth-order valence-corrected chi connectivity index (χ4v) is 3.23. The number of rotatable bonds is 5. The van der Waals surface area contributed by atoms with Crippen molar-refractivity contribution in [2.75, 3.05) is 19.0 Å². The summed E-state index contributed by atoms with van der Waals surface area (Å²) in [4.78, 5) is 36.9. The molecule has 6 nitrogen and oxygen atoms in total. The number of para-hydroxylation sites is 1. The highest BCUT2D eigenvalue weighted by molar-refractivity contribution is 8.18. The van der Waals surface area contributed by atoms with Crippen molar-refractivity contribution in [2.24, 2.45) is 0 Å². The Morgan fingerprint density at radius 2 is 1.85 bits per heavy atom. The number of likely N-dealkylation sites (N-methyl/N-ethyl adjacent to an activating group) is 1. The normalized spacial score (nSPS) is 15.3.